The third-order valence-corrected chi connectivity index (χ3v) is 10.6. The molecule has 0 saturated carbocycles. The summed E-state index contributed by atoms with van der Waals surface area (Å²) in [5, 5.41) is 6.34. The van der Waals surface area contributed by atoms with Gasteiger partial charge in [-0.3, -0.25) is 4.98 Å². The SMILES string of the molecule is c1ccc(-c2ccc(N(c3ccc4sc5ccc6ncccc6c5c4c3)c3cccc4sc5ccccc5c34)cc2)cc1. The van der Waals surface area contributed by atoms with Crippen LogP contribution in [0.1, 0.15) is 0 Å². The maximum absolute atomic E-state index is 4.66. The molecule has 0 saturated heterocycles. The molecule has 0 N–H and O–H groups in total. The number of rotatable bonds is 4. The van der Waals surface area contributed by atoms with Crippen molar-refractivity contribution in [2.45, 2.75) is 0 Å². The van der Waals surface area contributed by atoms with Gasteiger partial charge in [-0.15, -0.1) is 22.7 Å². The van der Waals surface area contributed by atoms with Crippen LogP contribution in [-0.2, 0) is 0 Å². The van der Waals surface area contributed by atoms with E-state index in [0.29, 0.717) is 0 Å². The van der Waals surface area contributed by atoms with Crippen molar-refractivity contribution in [3.05, 3.63) is 146 Å². The molecule has 0 amide bonds. The summed E-state index contributed by atoms with van der Waals surface area (Å²) in [6, 6.07) is 50.6. The van der Waals surface area contributed by atoms with E-state index in [0.717, 1.165) is 16.9 Å². The molecule has 0 spiro atoms. The Kier molecular flexibility index (Phi) is 5.58. The fourth-order valence-corrected chi connectivity index (χ4v) is 8.59. The highest BCUT2D eigenvalue weighted by Crippen LogP contribution is 2.47. The lowest BCUT2D eigenvalue weighted by atomic mass is 10.0. The highest BCUT2D eigenvalue weighted by molar-refractivity contribution is 7.26. The molecule has 43 heavy (non-hydrogen) atoms. The molecular weight excluding hydrogens is 561 g/mol. The van der Waals surface area contributed by atoms with Gasteiger partial charge in [-0.05, 0) is 77.9 Å². The summed E-state index contributed by atoms with van der Waals surface area (Å²) in [4.78, 5) is 7.09. The molecule has 9 rings (SSSR count). The van der Waals surface area contributed by atoms with Crippen LogP contribution in [0.25, 0.3) is 62.4 Å². The Hall–Kier alpha value is -5.03. The second-order valence-electron chi connectivity index (χ2n) is 10.8. The number of nitrogens with zero attached hydrogens (tertiary/aromatic N) is 2. The Bertz CT molecular complexity index is 2450. The number of hydrogen-bond donors (Lipinski definition) is 0. The number of pyridine rings is 1. The van der Waals surface area contributed by atoms with E-state index in [1.54, 1.807) is 0 Å². The Balaban J connectivity index is 1.31. The molecule has 0 unspecified atom stereocenters. The molecule has 4 heteroatoms. The molecule has 0 aliphatic heterocycles. The summed E-state index contributed by atoms with van der Waals surface area (Å²) < 4.78 is 5.18. The lowest BCUT2D eigenvalue weighted by Crippen LogP contribution is -2.10. The van der Waals surface area contributed by atoms with E-state index in [1.807, 2.05) is 34.9 Å². The van der Waals surface area contributed by atoms with E-state index in [4.69, 9.17) is 0 Å². The summed E-state index contributed by atoms with van der Waals surface area (Å²) in [5.74, 6) is 0. The quantitative estimate of drug-likeness (QED) is 0.205. The molecule has 0 atom stereocenters. The number of anilines is 3. The van der Waals surface area contributed by atoms with Crippen LogP contribution >= 0.6 is 22.7 Å². The van der Waals surface area contributed by atoms with Crippen LogP contribution in [0.2, 0.25) is 0 Å². The lowest BCUT2D eigenvalue weighted by Gasteiger charge is -2.27. The Labute approximate surface area is 256 Å². The van der Waals surface area contributed by atoms with Gasteiger partial charge in [0, 0.05) is 63.3 Å². The largest absolute Gasteiger partial charge is 0.310 e. The zero-order valence-corrected chi connectivity index (χ0v) is 24.7. The zero-order valence-electron chi connectivity index (χ0n) is 23.1. The molecule has 0 aliphatic carbocycles. The number of hydrogen-bond acceptors (Lipinski definition) is 4. The number of benzene rings is 6. The summed E-state index contributed by atoms with van der Waals surface area (Å²) in [7, 11) is 0. The van der Waals surface area contributed by atoms with Crippen LogP contribution in [-0.4, -0.2) is 4.98 Å². The van der Waals surface area contributed by atoms with Crippen molar-refractivity contribution in [1.82, 2.24) is 4.98 Å². The van der Waals surface area contributed by atoms with Gasteiger partial charge in [-0.25, -0.2) is 0 Å². The molecule has 0 aliphatic rings. The van der Waals surface area contributed by atoms with Gasteiger partial charge in [0.2, 0.25) is 0 Å². The summed E-state index contributed by atoms with van der Waals surface area (Å²) in [6.45, 7) is 0. The highest BCUT2D eigenvalue weighted by atomic mass is 32.1. The number of fused-ring (bicyclic) bond motifs is 8. The van der Waals surface area contributed by atoms with Gasteiger partial charge in [-0.1, -0.05) is 72.8 Å². The van der Waals surface area contributed by atoms with Crippen molar-refractivity contribution in [1.29, 1.82) is 0 Å². The molecule has 3 heterocycles. The van der Waals surface area contributed by atoms with E-state index in [2.05, 4.69) is 143 Å². The maximum atomic E-state index is 4.66. The van der Waals surface area contributed by atoms with Crippen molar-refractivity contribution < 1.29 is 0 Å². The van der Waals surface area contributed by atoms with E-state index < -0.39 is 0 Å². The predicted octanol–water partition coefficient (Wildman–Crippen LogP) is 12.1. The average Bonchev–Trinajstić information content (AvgIpc) is 3.64. The minimum absolute atomic E-state index is 1.03. The normalized spacial score (nSPS) is 11.7. The topological polar surface area (TPSA) is 16.1 Å². The highest BCUT2D eigenvalue weighted by Gasteiger charge is 2.20. The third kappa shape index (κ3) is 3.95. The smallest absolute Gasteiger partial charge is 0.0709 e. The molecule has 0 fully saturated rings. The second kappa shape index (κ2) is 9.77. The van der Waals surface area contributed by atoms with E-state index in [9.17, 15) is 0 Å². The van der Waals surface area contributed by atoms with Crippen molar-refractivity contribution in [3.8, 4) is 11.1 Å². The number of aromatic nitrogens is 1. The first-order chi connectivity index (χ1) is 21.3. The second-order valence-corrected chi connectivity index (χ2v) is 13.0. The molecule has 6 aromatic carbocycles. The van der Waals surface area contributed by atoms with Crippen molar-refractivity contribution in [2.75, 3.05) is 4.90 Å². The first-order valence-electron chi connectivity index (χ1n) is 14.4. The van der Waals surface area contributed by atoms with E-state index >= 15 is 0 Å². The van der Waals surface area contributed by atoms with Gasteiger partial charge < -0.3 is 4.90 Å². The lowest BCUT2D eigenvalue weighted by molar-refractivity contribution is 1.31. The van der Waals surface area contributed by atoms with Crippen molar-refractivity contribution >= 4 is 91.0 Å². The van der Waals surface area contributed by atoms with E-state index in [-0.39, 0.29) is 0 Å². The van der Waals surface area contributed by atoms with Crippen molar-refractivity contribution in [3.63, 3.8) is 0 Å². The number of thiophene rings is 2. The van der Waals surface area contributed by atoms with Gasteiger partial charge in [0.1, 0.15) is 0 Å². The zero-order chi connectivity index (χ0) is 28.3. The molecule has 0 radical (unpaired) electrons. The van der Waals surface area contributed by atoms with Crippen molar-refractivity contribution in [2.24, 2.45) is 0 Å². The third-order valence-electron chi connectivity index (χ3n) is 8.31. The summed E-state index contributed by atoms with van der Waals surface area (Å²) >= 11 is 3.71. The monoisotopic (exact) mass is 584 g/mol. The summed E-state index contributed by atoms with van der Waals surface area (Å²) in [6.07, 6.45) is 1.88. The Morgan fingerprint density at radius 3 is 2.00 bits per heavy atom. The summed E-state index contributed by atoms with van der Waals surface area (Å²) in [5.41, 5.74) is 6.92. The van der Waals surface area contributed by atoms with Crippen LogP contribution in [0.4, 0.5) is 17.1 Å². The fraction of sp³-hybridized carbons (Fsp3) is 0. The van der Waals surface area contributed by atoms with Gasteiger partial charge >= 0.3 is 0 Å². The minimum atomic E-state index is 1.03. The van der Waals surface area contributed by atoms with Gasteiger partial charge in [0.05, 0.1) is 11.2 Å². The van der Waals surface area contributed by atoms with Crippen LogP contribution in [0.3, 0.4) is 0 Å². The van der Waals surface area contributed by atoms with Crippen LogP contribution in [0.5, 0.6) is 0 Å². The van der Waals surface area contributed by atoms with E-state index in [1.165, 1.54) is 62.5 Å². The average molecular weight is 585 g/mol. The van der Waals surface area contributed by atoms with Crippen LogP contribution in [0.15, 0.2) is 146 Å². The molecule has 3 aromatic heterocycles. The maximum Gasteiger partial charge on any atom is 0.0709 e. The van der Waals surface area contributed by atoms with Crippen LogP contribution in [0, 0.1) is 0 Å². The first-order valence-corrected chi connectivity index (χ1v) is 16.0. The van der Waals surface area contributed by atoms with Gasteiger partial charge in [0.25, 0.3) is 0 Å². The molecule has 202 valence electrons. The Morgan fingerprint density at radius 1 is 0.442 bits per heavy atom. The fourth-order valence-electron chi connectivity index (χ4n) is 6.36. The molecule has 0 bridgehead atoms. The van der Waals surface area contributed by atoms with Gasteiger partial charge in [0.15, 0.2) is 0 Å². The van der Waals surface area contributed by atoms with Crippen LogP contribution < -0.4 is 4.90 Å². The van der Waals surface area contributed by atoms with Gasteiger partial charge in [-0.2, -0.15) is 0 Å². The predicted molar refractivity (Wildman–Crippen MR) is 188 cm³/mol. The molecular formula is C39H24N2S2. The Morgan fingerprint density at radius 2 is 1.12 bits per heavy atom. The minimum Gasteiger partial charge on any atom is -0.310 e. The standard InChI is InChI=1S/C39H24N2S2/c1-2-8-25(9-3-1)26-15-17-27(18-16-26)41(33-12-6-14-36-39(33)30-10-4-5-13-34(30)42-36)28-19-21-35-31(24-28)38-29-11-7-23-40-32(29)20-22-37(38)43-35/h1-24H. The first kappa shape index (κ1) is 24.6. The molecule has 9 aromatic rings. The molecule has 2 nitrogen and oxygen atoms in total.